The summed E-state index contributed by atoms with van der Waals surface area (Å²) in [4.78, 5) is 28.2. The van der Waals surface area contributed by atoms with Gasteiger partial charge in [-0.15, -0.1) is 0 Å². The number of nitrogens with zero attached hydrogens (tertiary/aromatic N) is 2. The third kappa shape index (κ3) is 3.42. The molecule has 2 amide bonds. The molecule has 140 valence electrons. The highest BCUT2D eigenvalue weighted by atomic mass is 35.5. The molecule has 0 bridgehead atoms. The molecule has 27 heavy (non-hydrogen) atoms. The van der Waals surface area contributed by atoms with Gasteiger partial charge in [0.25, 0.3) is 5.91 Å². The van der Waals surface area contributed by atoms with E-state index < -0.39 is 5.82 Å². The number of anilines is 1. The van der Waals surface area contributed by atoms with Gasteiger partial charge < -0.3 is 14.4 Å². The number of amides is 2. The zero-order valence-electron chi connectivity index (χ0n) is 14.3. The Morgan fingerprint density at radius 3 is 2.74 bits per heavy atom. The van der Waals surface area contributed by atoms with Gasteiger partial charge in [0.05, 0.1) is 5.02 Å². The van der Waals surface area contributed by atoms with Crippen LogP contribution >= 0.6 is 11.6 Å². The van der Waals surface area contributed by atoms with E-state index in [2.05, 4.69) is 0 Å². The number of benzene rings is 2. The van der Waals surface area contributed by atoms with Crippen LogP contribution in [-0.4, -0.2) is 36.7 Å². The molecule has 8 heteroatoms. The highest BCUT2D eigenvalue weighted by Crippen LogP contribution is 2.33. The Hall–Kier alpha value is -2.80. The third-order valence-electron chi connectivity index (χ3n) is 4.56. The fraction of sp³-hybridized carbons (Fsp3) is 0.263. The second-order valence-electron chi connectivity index (χ2n) is 6.30. The van der Waals surface area contributed by atoms with Gasteiger partial charge in [-0.25, -0.2) is 4.39 Å². The zero-order valence-corrected chi connectivity index (χ0v) is 15.0. The zero-order chi connectivity index (χ0) is 19.0. The standard InChI is InChI=1S/C19H16ClFN2O4/c20-14-9-13(4-5-15(14)21)23(10-22-7-1-2-18(22)24)19(25)12-3-6-16-17(8-12)27-11-26-16/h3-6,8-9H,1-2,7,10-11H2. The molecule has 4 rings (SSSR count). The van der Waals surface area contributed by atoms with Gasteiger partial charge in [0, 0.05) is 24.2 Å². The van der Waals surface area contributed by atoms with Crippen molar-refractivity contribution < 1.29 is 23.5 Å². The first-order chi connectivity index (χ1) is 13.0. The fourth-order valence-electron chi connectivity index (χ4n) is 3.13. The lowest BCUT2D eigenvalue weighted by Gasteiger charge is -2.28. The minimum absolute atomic E-state index is 0.0216. The number of carbonyl (C=O) groups excluding carboxylic acids is 2. The predicted octanol–water partition coefficient (Wildman–Crippen LogP) is 3.43. The van der Waals surface area contributed by atoms with E-state index in [1.807, 2.05) is 0 Å². The number of fused-ring (bicyclic) bond motifs is 1. The van der Waals surface area contributed by atoms with Gasteiger partial charge in [0.1, 0.15) is 12.5 Å². The molecule has 2 aliphatic rings. The smallest absolute Gasteiger partial charge is 0.259 e. The number of hydrogen-bond acceptors (Lipinski definition) is 4. The number of hydrogen-bond donors (Lipinski definition) is 0. The molecule has 1 fully saturated rings. The van der Waals surface area contributed by atoms with Crippen LogP contribution in [0.15, 0.2) is 36.4 Å². The summed E-state index contributed by atoms with van der Waals surface area (Å²) < 4.78 is 24.2. The lowest BCUT2D eigenvalue weighted by Crippen LogP contribution is -2.42. The summed E-state index contributed by atoms with van der Waals surface area (Å²) in [5.74, 6) is 0.100. The Kier molecular flexibility index (Phi) is 4.61. The van der Waals surface area contributed by atoms with Gasteiger partial charge in [-0.1, -0.05) is 11.6 Å². The Labute approximate surface area is 160 Å². The number of halogens is 2. The minimum atomic E-state index is -0.576. The van der Waals surface area contributed by atoms with Crippen LogP contribution in [0, 0.1) is 5.82 Å². The normalized spacial score (nSPS) is 15.3. The van der Waals surface area contributed by atoms with E-state index in [-0.39, 0.29) is 30.3 Å². The maximum absolute atomic E-state index is 13.6. The van der Waals surface area contributed by atoms with Crippen LogP contribution in [0.25, 0.3) is 0 Å². The van der Waals surface area contributed by atoms with Crippen LogP contribution in [0.1, 0.15) is 23.2 Å². The first kappa shape index (κ1) is 17.6. The number of rotatable bonds is 4. The van der Waals surface area contributed by atoms with Gasteiger partial charge >= 0.3 is 0 Å². The molecule has 0 spiro atoms. The fourth-order valence-corrected chi connectivity index (χ4v) is 3.30. The van der Waals surface area contributed by atoms with Crippen LogP contribution in [0.4, 0.5) is 10.1 Å². The molecule has 2 aliphatic heterocycles. The van der Waals surface area contributed by atoms with Crippen molar-refractivity contribution >= 4 is 29.1 Å². The summed E-state index contributed by atoms with van der Waals surface area (Å²) in [6, 6.07) is 8.92. The molecule has 0 saturated carbocycles. The van der Waals surface area contributed by atoms with Crippen LogP contribution in [0.3, 0.4) is 0 Å². The van der Waals surface area contributed by atoms with Crippen LogP contribution in [-0.2, 0) is 4.79 Å². The average Bonchev–Trinajstić information content (AvgIpc) is 3.29. The summed E-state index contributed by atoms with van der Waals surface area (Å²) in [5, 5.41) is -0.0938. The van der Waals surface area contributed by atoms with Gasteiger partial charge in [0.15, 0.2) is 11.5 Å². The van der Waals surface area contributed by atoms with Gasteiger partial charge in [-0.3, -0.25) is 14.5 Å². The Bertz CT molecular complexity index is 921. The quantitative estimate of drug-likeness (QED) is 0.802. The van der Waals surface area contributed by atoms with Crippen LogP contribution in [0.2, 0.25) is 5.02 Å². The SMILES string of the molecule is O=C1CCCN1CN(C(=O)c1ccc2c(c1)OCO2)c1ccc(F)c(Cl)c1. The highest BCUT2D eigenvalue weighted by molar-refractivity contribution is 6.31. The van der Waals surface area contributed by atoms with Crippen molar-refractivity contribution in [1.82, 2.24) is 4.90 Å². The Morgan fingerprint density at radius 1 is 1.19 bits per heavy atom. The Morgan fingerprint density at radius 2 is 2.00 bits per heavy atom. The van der Waals surface area contributed by atoms with Crippen molar-refractivity contribution in [2.24, 2.45) is 0 Å². The molecule has 0 aliphatic carbocycles. The second-order valence-corrected chi connectivity index (χ2v) is 6.71. The molecule has 1 saturated heterocycles. The maximum atomic E-state index is 13.6. The second kappa shape index (κ2) is 7.08. The number of carbonyl (C=O) groups is 2. The van der Waals surface area contributed by atoms with Crippen molar-refractivity contribution in [1.29, 1.82) is 0 Å². The summed E-state index contributed by atoms with van der Waals surface area (Å²) in [6.07, 6.45) is 1.20. The van der Waals surface area contributed by atoms with Gasteiger partial charge in [-0.05, 0) is 42.8 Å². The minimum Gasteiger partial charge on any atom is -0.454 e. The van der Waals surface area contributed by atoms with E-state index in [0.29, 0.717) is 35.7 Å². The van der Waals surface area contributed by atoms with Crippen LogP contribution in [0.5, 0.6) is 11.5 Å². The molecule has 0 aromatic heterocycles. The molecule has 2 aromatic carbocycles. The van der Waals surface area contributed by atoms with Crippen molar-refractivity contribution in [3.63, 3.8) is 0 Å². The topological polar surface area (TPSA) is 59.1 Å². The van der Waals surface area contributed by atoms with E-state index in [0.717, 1.165) is 6.42 Å². The summed E-state index contributed by atoms with van der Waals surface area (Å²) in [6.45, 7) is 0.735. The number of likely N-dealkylation sites (tertiary alicyclic amines) is 1. The molecule has 6 nitrogen and oxygen atoms in total. The van der Waals surface area contributed by atoms with E-state index >= 15 is 0 Å². The van der Waals surface area contributed by atoms with Crippen molar-refractivity contribution in [3.8, 4) is 11.5 Å². The highest BCUT2D eigenvalue weighted by Gasteiger charge is 2.28. The Balaban J connectivity index is 1.68. The number of ether oxygens (including phenoxy) is 2. The van der Waals surface area contributed by atoms with E-state index in [1.165, 1.54) is 23.1 Å². The summed E-state index contributed by atoms with van der Waals surface area (Å²) >= 11 is 5.90. The summed E-state index contributed by atoms with van der Waals surface area (Å²) in [7, 11) is 0. The van der Waals surface area contributed by atoms with E-state index in [4.69, 9.17) is 21.1 Å². The molecule has 2 heterocycles. The van der Waals surface area contributed by atoms with Crippen LogP contribution < -0.4 is 14.4 Å². The lowest BCUT2D eigenvalue weighted by molar-refractivity contribution is -0.127. The molecule has 0 radical (unpaired) electrons. The van der Waals surface area contributed by atoms with E-state index in [1.54, 1.807) is 23.1 Å². The molecular formula is C19H16ClFN2O4. The van der Waals surface area contributed by atoms with Crippen molar-refractivity contribution in [2.45, 2.75) is 12.8 Å². The van der Waals surface area contributed by atoms with E-state index in [9.17, 15) is 14.0 Å². The largest absolute Gasteiger partial charge is 0.454 e. The molecule has 0 unspecified atom stereocenters. The van der Waals surface area contributed by atoms with Gasteiger partial charge in [-0.2, -0.15) is 0 Å². The monoisotopic (exact) mass is 390 g/mol. The maximum Gasteiger partial charge on any atom is 0.259 e. The van der Waals surface area contributed by atoms with Crippen molar-refractivity contribution in [2.75, 3.05) is 24.9 Å². The summed E-state index contributed by atoms with van der Waals surface area (Å²) in [5.41, 5.74) is 0.773. The molecule has 0 atom stereocenters. The molecular weight excluding hydrogens is 375 g/mol. The molecule has 0 N–H and O–H groups in total. The average molecular weight is 391 g/mol. The first-order valence-electron chi connectivity index (χ1n) is 8.47. The third-order valence-corrected chi connectivity index (χ3v) is 4.85. The first-order valence-corrected chi connectivity index (χ1v) is 8.85. The van der Waals surface area contributed by atoms with Gasteiger partial charge in [0.2, 0.25) is 12.7 Å². The lowest BCUT2D eigenvalue weighted by atomic mass is 10.1. The molecule has 2 aromatic rings. The predicted molar refractivity (Wildman–Crippen MR) is 96.6 cm³/mol. The van der Waals surface area contributed by atoms with Crippen molar-refractivity contribution in [3.05, 3.63) is 52.8 Å².